The normalized spacial score (nSPS) is 22.1. The van der Waals surface area contributed by atoms with Crippen LogP contribution in [0.4, 0.5) is 0 Å². The van der Waals surface area contributed by atoms with Crippen molar-refractivity contribution < 1.29 is 0 Å². The monoisotopic (exact) mass is 790 g/mol. The molecule has 2 aromatic rings. The second-order valence-corrected chi connectivity index (χ2v) is 24.1. The van der Waals surface area contributed by atoms with Crippen LogP contribution in [-0.2, 0) is 0 Å². The summed E-state index contributed by atoms with van der Waals surface area (Å²) in [4.78, 5) is 5.47. The number of hydrogen-bond donors (Lipinski definition) is 0. The van der Waals surface area contributed by atoms with Crippen molar-refractivity contribution in [3.63, 3.8) is 0 Å². The summed E-state index contributed by atoms with van der Waals surface area (Å²) in [6.45, 7) is 8.14. The Balaban J connectivity index is 1.24. The summed E-state index contributed by atoms with van der Waals surface area (Å²) in [6, 6.07) is 17.8. The van der Waals surface area contributed by atoms with Crippen LogP contribution in [0, 0.1) is 0 Å². The first-order valence-corrected chi connectivity index (χ1v) is 24.0. The van der Waals surface area contributed by atoms with Crippen LogP contribution in [0.25, 0.3) is 22.0 Å². The van der Waals surface area contributed by atoms with Crippen LogP contribution in [-0.4, -0.2) is 23.0 Å². The lowest BCUT2D eigenvalue weighted by Crippen LogP contribution is -1.88. The van der Waals surface area contributed by atoms with Gasteiger partial charge in [0.15, 0.2) is 0 Å². The van der Waals surface area contributed by atoms with Crippen molar-refractivity contribution in [2.45, 2.75) is 0 Å². The molecule has 0 aliphatic carbocycles. The molecule has 0 saturated carbocycles. The first kappa shape index (κ1) is 31.8. The van der Waals surface area contributed by atoms with Gasteiger partial charge in [-0.1, -0.05) is 156 Å². The average molecular weight is 791 g/mol. The summed E-state index contributed by atoms with van der Waals surface area (Å²) in [5.74, 6) is 4.83. The van der Waals surface area contributed by atoms with Gasteiger partial charge in [0, 0.05) is 42.6 Å². The van der Waals surface area contributed by atoms with E-state index in [4.69, 9.17) is 0 Å². The fourth-order valence-electron chi connectivity index (χ4n) is 4.66. The topological polar surface area (TPSA) is 0 Å². The molecular formula is C32H22S12. The van der Waals surface area contributed by atoms with E-state index in [1.165, 1.54) is 87.7 Å². The molecule has 6 aliphatic rings. The van der Waals surface area contributed by atoms with E-state index in [9.17, 15) is 0 Å². The first-order valence-electron chi connectivity index (χ1n) is 13.5. The van der Waals surface area contributed by atoms with Crippen molar-refractivity contribution in [2.24, 2.45) is 0 Å². The summed E-state index contributed by atoms with van der Waals surface area (Å²) in [6.07, 6.45) is 3.91. The average Bonchev–Trinajstić information content (AvgIpc) is 3.88. The van der Waals surface area contributed by atoms with Gasteiger partial charge in [0.1, 0.15) is 0 Å². The molecule has 0 amide bonds. The van der Waals surface area contributed by atoms with E-state index in [2.05, 4.69) is 61.7 Å². The zero-order chi connectivity index (χ0) is 29.6. The van der Waals surface area contributed by atoms with Gasteiger partial charge in [-0.25, -0.2) is 0 Å². The van der Waals surface area contributed by atoms with Crippen molar-refractivity contribution in [2.75, 3.05) is 23.0 Å². The minimum Gasteiger partial charge on any atom is -0.116 e. The Labute approximate surface area is 310 Å². The van der Waals surface area contributed by atoms with Crippen LogP contribution >= 0.6 is 141 Å². The molecule has 6 heterocycles. The summed E-state index contributed by atoms with van der Waals surface area (Å²) in [5, 5.41) is 0. The van der Waals surface area contributed by atoms with Gasteiger partial charge in [-0.3, -0.25) is 0 Å². The standard InChI is InChI=1S/C32H22S12/c1-3-17-7-5-9-19(15-17)21-23(39-29(37-21)31-41-25-26(42-31)34-12-11-33-25)24-22(20-10-6-8-18(4-2)16-20)38-30(40-24)32-43-27-28(44-32)36-14-13-35-27/h3-10,15-16H,1-2,11-14H2. The number of hydrogen-bond acceptors (Lipinski definition) is 12. The van der Waals surface area contributed by atoms with E-state index in [-0.39, 0.29) is 0 Å². The molecule has 2 aromatic carbocycles. The van der Waals surface area contributed by atoms with Crippen molar-refractivity contribution in [1.82, 2.24) is 0 Å². The van der Waals surface area contributed by atoms with Crippen LogP contribution in [0.3, 0.4) is 0 Å². The minimum atomic E-state index is 1.16. The molecule has 8 rings (SSSR count). The van der Waals surface area contributed by atoms with Gasteiger partial charge in [0.2, 0.25) is 0 Å². The van der Waals surface area contributed by atoms with Crippen LogP contribution < -0.4 is 0 Å². The minimum absolute atomic E-state index is 1.16. The van der Waals surface area contributed by atoms with Gasteiger partial charge in [0.05, 0.1) is 33.9 Å². The predicted molar refractivity (Wildman–Crippen MR) is 226 cm³/mol. The smallest absolute Gasteiger partial charge is 0.0717 e. The summed E-state index contributed by atoms with van der Waals surface area (Å²) < 4.78 is 11.7. The second kappa shape index (κ2) is 14.2. The highest BCUT2D eigenvalue weighted by Crippen LogP contribution is 2.71. The van der Waals surface area contributed by atoms with E-state index < -0.39 is 0 Å². The first-order chi connectivity index (χ1) is 21.7. The van der Waals surface area contributed by atoms with Crippen molar-refractivity contribution in [3.05, 3.63) is 128 Å². The fraction of sp³-hybridized carbons (Fsp3) is 0.125. The van der Waals surface area contributed by atoms with Gasteiger partial charge in [-0.2, -0.15) is 0 Å². The maximum atomic E-state index is 4.07. The van der Waals surface area contributed by atoms with Gasteiger partial charge in [-0.15, -0.1) is 47.0 Å². The molecule has 0 N–H and O–H groups in total. The maximum absolute atomic E-state index is 4.07. The zero-order valence-electron chi connectivity index (χ0n) is 22.9. The fourth-order valence-corrected chi connectivity index (χ4v) is 22.8. The van der Waals surface area contributed by atoms with Gasteiger partial charge in [-0.05, 0) is 34.4 Å². The van der Waals surface area contributed by atoms with Crippen molar-refractivity contribution in [1.29, 1.82) is 0 Å². The lowest BCUT2D eigenvalue weighted by Gasteiger charge is -2.10. The lowest BCUT2D eigenvalue weighted by molar-refractivity contribution is 1.56. The van der Waals surface area contributed by atoms with Crippen LogP contribution in [0.1, 0.15) is 22.3 Å². The highest BCUT2D eigenvalue weighted by Gasteiger charge is 2.38. The molecule has 222 valence electrons. The van der Waals surface area contributed by atoms with E-state index in [1.807, 2.05) is 153 Å². The molecule has 0 radical (unpaired) electrons. The number of thioether (sulfide) groups is 12. The third-order valence-corrected chi connectivity index (χ3v) is 24.7. The Morgan fingerprint density at radius 3 is 1.11 bits per heavy atom. The predicted octanol–water partition coefficient (Wildman–Crippen LogP) is 14.4. The largest absolute Gasteiger partial charge is 0.116 e. The van der Waals surface area contributed by atoms with E-state index in [0.29, 0.717) is 0 Å². The number of benzene rings is 2. The Morgan fingerprint density at radius 1 is 0.409 bits per heavy atom. The van der Waals surface area contributed by atoms with Crippen molar-refractivity contribution in [3.8, 4) is 0 Å². The molecule has 0 bridgehead atoms. The zero-order valence-corrected chi connectivity index (χ0v) is 32.7. The van der Waals surface area contributed by atoms with Crippen LogP contribution in [0.2, 0.25) is 0 Å². The third kappa shape index (κ3) is 6.47. The van der Waals surface area contributed by atoms with Gasteiger partial charge >= 0.3 is 0 Å². The van der Waals surface area contributed by atoms with Gasteiger partial charge in [0.25, 0.3) is 0 Å². The van der Waals surface area contributed by atoms with Crippen LogP contribution in [0.15, 0.2) is 105 Å². The van der Waals surface area contributed by atoms with Crippen molar-refractivity contribution >= 4 is 163 Å². The molecule has 0 saturated heterocycles. The quantitative estimate of drug-likeness (QED) is 0.283. The molecule has 6 aliphatic heterocycles. The third-order valence-electron chi connectivity index (χ3n) is 6.67. The Kier molecular flexibility index (Phi) is 10.3. The van der Waals surface area contributed by atoms with Gasteiger partial charge < -0.3 is 0 Å². The van der Waals surface area contributed by atoms with E-state index >= 15 is 0 Å². The Hall–Kier alpha value is 0.560. The molecule has 44 heavy (non-hydrogen) atoms. The molecule has 0 nitrogen and oxygen atoms in total. The molecular weight excluding hydrogens is 769 g/mol. The molecule has 0 fully saturated rings. The SMILES string of the molecule is C=Cc1cccc(C2=C(C3=C(c4cccc(C=C)c4)SC(=C4SC5=C(SCCS5)S4)S3)SC(=C3SC4=C(SCCS4)S3)S2)c1. The molecule has 0 aromatic heterocycles. The Morgan fingerprint density at radius 2 is 0.750 bits per heavy atom. The summed E-state index contributed by atoms with van der Waals surface area (Å²) >= 11 is 24.0. The molecule has 0 atom stereocenters. The second-order valence-electron chi connectivity index (χ2n) is 9.49. The van der Waals surface area contributed by atoms with E-state index in [0.717, 1.165) is 11.1 Å². The highest BCUT2D eigenvalue weighted by molar-refractivity contribution is 8.44. The summed E-state index contributed by atoms with van der Waals surface area (Å²) in [5.41, 5.74) is 4.86. The lowest BCUT2D eigenvalue weighted by atomic mass is 10.1. The maximum Gasteiger partial charge on any atom is 0.0717 e. The van der Waals surface area contributed by atoms with E-state index in [1.54, 1.807) is 0 Å². The molecule has 0 spiro atoms. The Bertz CT molecular complexity index is 1630. The highest BCUT2D eigenvalue weighted by atomic mass is 32.3. The molecule has 0 unspecified atom stereocenters. The van der Waals surface area contributed by atoms with Crippen LogP contribution in [0.5, 0.6) is 0 Å². The number of rotatable bonds is 5. The molecule has 12 heteroatoms. The summed E-state index contributed by atoms with van der Waals surface area (Å²) in [7, 11) is 0.